The number of rotatable bonds is 6. The molecule has 2 heterocycles. The zero-order valence-electron chi connectivity index (χ0n) is 12.7. The molecule has 3 rings (SSSR count). The van der Waals surface area contributed by atoms with Crippen molar-refractivity contribution >= 4 is 0 Å². The molecular weight excluding hydrogens is 260 g/mol. The molecule has 0 aliphatic carbocycles. The van der Waals surface area contributed by atoms with E-state index in [1.807, 2.05) is 0 Å². The van der Waals surface area contributed by atoms with Crippen LogP contribution in [0.5, 0.6) is 0 Å². The summed E-state index contributed by atoms with van der Waals surface area (Å²) in [6.07, 6.45) is 1.25. The average Bonchev–Trinajstić information content (AvgIpc) is 3.16. The molecule has 1 aromatic carbocycles. The Labute approximate surface area is 127 Å². The second kappa shape index (κ2) is 6.92. The second-order valence-electron chi connectivity index (χ2n) is 5.78. The summed E-state index contributed by atoms with van der Waals surface area (Å²) in [5, 5.41) is 3.29. The molecule has 3 nitrogen and oxygen atoms in total. The number of benzene rings is 1. The Morgan fingerprint density at radius 1 is 1.14 bits per heavy atom. The van der Waals surface area contributed by atoms with Crippen molar-refractivity contribution in [2.75, 3.05) is 19.6 Å². The van der Waals surface area contributed by atoms with Crippen LogP contribution >= 0.6 is 0 Å². The highest BCUT2D eigenvalue weighted by atomic mass is 16.3. The fourth-order valence-corrected chi connectivity index (χ4v) is 3.04. The summed E-state index contributed by atoms with van der Waals surface area (Å²) in [5.74, 6) is 2.78. The maximum atomic E-state index is 5.88. The van der Waals surface area contributed by atoms with E-state index in [9.17, 15) is 0 Å². The highest BCUT2D eigenvalue weighted by Crippen LogP contribution is 2.28. The van der Waals surface area contributed by atoms with Crippen molar-refractivity contribution in [1.29, 1.82) is 0 Å². The lowest BCUT2D eigenvalue weighted by Gasteiger charge is -2.14. The highest BCUT2D eigenvalue weighted by Gasteiger charge is 2.24. The van der Waals surface area contributed by atoms with E-state index in [1.165, 1.54) is 12.0 Å². The van der Waals surface area contributed by atoms with Gasteiger partial charge in [0.15, 0.2) is 0 Å². The predicted molar refractivity (Wildman–Crippen MR) is 85.2 cm³/mol. The molecule has 1 fully saturated rings. The van der Waals surface area contributed by atoms with Crippen LogP contribution in [0.15, 0.2) is 46.9 Å². The average molecular weight is 284 g/mol. The molecule has 1 atom stereocenters. The summed E-state index contributed by atoms with van der Waals surface area (Å²) in [4.78, 5) is 2.49. The largest absolute Gasteiger partial charge is 0.463 e. The first-order valence-electron chi connectivity index (χ1n) is 7.90. The van der Waals surface area contributed by atoms with Gasteiger partial charge in [-0.2, -0.15) is 0 Å². The molecule has 0 saturated carbocycles. The van der Waals surface area contributed by atoms with E-state index in [-0.39, 0.29) is 0 Å². The van der Waals surface area contributed by atoms with E-state index in [0.717, 1.165) is 44.2 Å². The lowest BCUT2D eigenvalue weighted by atomic mass is 9.99. The molecule has 2 aromatic rings. The Morgan fingerprint density at radius 3 is 2.76 bits per heavy atom. The van der Waals surface area contributed by atoms with Crippen LogP contribution in [0, 0.1) is 0 Å². The number of hydrogen-bond acceptors (Lipinski definition) is 3. The Hall–Kier alpha value is -1.58. The first-order chi connectivity index (χ1) is 10.3. The number of nitrogens with zero attached hydrogens (tertiary/aromatic N) is 1. The Morgan fingerprint density at radius 2 is 1.95 bits per heavy atom. The van der Waals surface area contributed by atoms with E-state index < -0.39 is 0 Å². The van der Waals surface area contributed by atoms with Crippen molar-refractivity contribution in [2.24, 2.45) is 0 Å². The first-order valence-corrected chi connectivity index (χ1v) is 7.90. The van der Waals surface area contributed by atoms with E-state index in [0.29, 0.717) is 5.92 Å². The minimum absolute atomic E-state index is 0.669. The van der Waals surface area contributed by atoms with E-state index in [4.69, 9.17) is 4.42 Å². The van der Waals surface area contributed by atoms with Crippen LogP contribution < -0.4 is 5.32 Å². The molecule has 0 bridgehead atoms. The summed E-state index contributed by atoms with van der Waals surface area (Å²) >= 11 is 0. The van der Waals surface area contributed by atoms with Crippen LogP contribution in [0.1, 0.15) is 36.3 Å². The predicted octanol–water partition coefficient (Wildman–Crippen LogP) is 3.38. The highest BCUT2D eigenvalue weighted by molar-refractivity contribution is 5.21. The van der Waals surface area contributed by atoms with Gasteiger partial charge in [0.2, 0.25) is 0 Å². The maximum Gasteiger partial charge on any atom is 0.118 e. The van der Waals surface area contributed by atoms with Gasteiger partial charge in [0.1, 0.15) is 11.5 Å². The molecule has 1 N–H and O–H groups in total. The topological polar surface area (TPSA) is 28.4 Å². The van der Waals surface area contributed by atoms with Crippen molar-refractivity contribution in [3.8, 4) is 0 Å². The van der Waals surface area contributed by atoms with Crippen LogP contribution in [-0.4, -0.2) is 24.5 Å². The summed E-state index contributed by atoms with van der Waals surface area (Å²) in [6.45, 7) is 7.12. The van der Waals surface area contributed by atoms with Gasteiger partial charge in [-0.15, -0.1) is 0 Å². The van der Waals surface area contributed by atoms with Gasteiger partial charge in [0, 0.05) is 6.54 Å². The number of furan rings is 1. The molecule has 3 heteroatoms. The zero-order chi connectivity index (χ0) is 14.5. The Bertz CT molecular complexity index is 549. The van der Waals surface area contributed by atoms with Crippen molar-refractivity contribution in [2.45, 2.75) is 32.4 Å². The molecular formula is C18H24N2O. The van der Waals surface area contributed by atoms with Crippen molar-refractivity contribution in [1.82, 2.24) is 10.2 Å². The monoisotopic (exact) mass is 284 g/mol. The summed E-state index contributed by atoms with van der Waals surface area (Å²) in [7, 11) is 0. The lowest BCUT2D eigenvalue weighted by molar-refractivity contribution is 0.288. The Balaban J connectivity index is 1.54. The molecule has 0 amide bonds. The van der Waals surface area contributed by atoms with Crippen molar-refractivity contribution in [3.63, 3.8) is 0 Å². The molecule has 112 valence electrons. The molecule has 1 aliphatic rings. The minimum Gasteiger partial charge on any atom is -0.463 e. The quantitative estimate of drug-likeness (QED) is 0.881. The van der Waals surface area contributed by atoms with Gasteiger partial charge in [0.25, 0.3) is 0 Å². The van der Waals surface area contributed by atoms with E-state index in [1.54, 1.807) is 0 Å². The number of likely N-dealkylation sites (tertiary alicyclic amines) is 1. The third kappa shape index (κ3) is 3.74. The van der Waals surface area contributed by atoms with Crippen molar-refractivity contribution in [3.05, 3.63) is 59.5 Å². The van der Waals surface area contributed by atoms with Crippen LogP contribution in [-0.2, 0) is 13.1 Å². The van der Waals surface area contributed by atoms with Gasteiger partial charge < -0.3 is 9.73 Å². The van der Waals surface area contributed by atoms with Gasteiger partial charge in [-0.3, -0.25) is 4.90 Å². The third-order valence-corrected chi connectivity index (χ3v) is 4.19. The standard InChI is InChI=1S/C18H24N2O/c1-2-19-12-17-8-9-18(21-17)14-20-11-10-16(13-20)15-6-4-3-5-7-15/h3-9,16,19H,2,10-14H2,1H3. The summed E-state index contributed by atoms with van der Waals surface area (Å²) in [5.41, 5.74) is 1.47. The van der Waals surface area contributed by atoms with Crippen LogP contribution in [0.4, 0.5) is 0 Å². The molecule has 1 saturated heterocycles. The smallest absolute Gasteiger partial charge is 0.118 e. The first kappa shape index (κ1) is 14.4. The van der Waals surface area contributed by atoms with Crippen molar-refractivity contribution < 1.29 is 4.42 Å². The lowest BCUT2D eigenvalue weighted by Crippen LogP contribution is -2.19. The van der Waals surface area contributed by atoms with E-state index >= 15 is 0 Å². The SMILES string of the molecule is CCNCc1ccc(CN2CCC(c3ccccc3)C2)o1. The summed E-state index contributed by atoms with van der Waals surface area (Å²) < 4.78 is 5.88. The van der Waals surface area contributed by atoms with Gasteiger partial charge in [-0.25, -0.2) is 0 Å². The Kier molecular flexibility index (Phi) is 4.73. The zero-order valence-corrected chi connectivity index (χ0v) is 12.7. The second-order valence-corrected chi connectivity index (χ2v) is 5.78. The third-order valence-electron chi connectivity index (χ3n) is 4.19. The van der Waals surface area contributed by atoms with Crippen LogP contribution in [0.2, 0.25) is 0 Å². The fraction of sp³-hybridized carbons (Fsp3) is 0.444. The summed E-state index contributed by atoms with van der Waals surface area (Å²) in [6, 6.07) is 15.1. The minimum atomic E-state index is 0.669. The van der Waals surface area contributed by atoms with Gasteiger partial charge in [-0.05, 0) is 43.1 Å². The van der Waals surface area contributed by atoms with Crippen LogP contribution in [0.3, 0.4) is 0 Å². The van der Waals surface area contributed by atoms with Crippen LogP contribution in [0.25, 0.3) is 0 Å². The fourth-order valence-electron chi connectivity index (χ4n) is 3.04. The number of hydrogen-bond donors (Lipinski definition) is 1. The molecule has 21 heavy (non-hydrogen) atoms. The molecule has 0 spiro atoms. The van der Waals surface area contributed by atoms with Gasteiger partial charge >= 0.3 is 0 Å². The number of nitrogens with one attached hydrogen (secondary N) is 1. The van der Waals surface area contributed by atoms with E-state index in [2.05, 4.69) is 59.6 Å². The maximum absolute atomic E-state index is 5.88. The molecule has 1 aliphatic heterocycles. The molecule has 0 radical (unpaired) electrons. The molecule has 1 aromatic heterocycles. The normalized spacial score (nSPS) is 19.2. The molecule has 1 unspecified atom stereocenters. The van der Waals surface area contributed by atoms with Gasteiger partial charge in [0.05, 0.1) is 13.1 Å². The van der Waals surface area contributed by atoms with Gasteiger partial charge in [-0.1, -0.05) is 37.3 Å².